The van der Waals surface area contributed by atoms with Gasteiger partial charge in [-0.2, -0.15) is 11.8 Å². The van der Waals surface area contributed by atoms with Crippen molar-refractivity contribution in [1.29, 1.82) is 0 Å². The minimum Gasteiger partial charge on any atom is -0.162 e. The first-order valence-corrected chi connectivity index (χ1v) is 6.04. The summed E-state index contributed by atoms with van der Waals surface area (Å²) in [5, 5.41) is 0.840. The third kappa shape index (κ3) is 5.60. The van der Waals surface area contributed by atoms with Crippen molar-refractivity contribution in [2.24, 2.45) is 5.92 Å². The minimum atomic E-state index is 0.840. The summed E-state index contributed by atoms with van der Waals surface area (Å²) in [5.41, 5.74) is 0. The molecule has 0 saturated heterocycles. The number of unbranched alkanes of at least 4 members (excludes halogenated alkanes) is 2. The molecule has 0 bridgehead atoms. The molecule has 0 heterocycles. The molecule has 11 heavy (non-hydrogen) atoms. The molecule has 0 aromatic carbocycles. The Morgan fingerprint density at radius 3 is 2.27 bits per heavy atom. The van der Waals surface area contributed by atoms with Gasteiger partial charge in [0.15, 0.2) is 0 Å². The second-order valence-corrected chi connectivity index (χ2v) is 4.63. The second kappa shape index (κ2) is 7.02. The molecule has 0 amide bonds. The summed E-state index contributed by atoms with van der Waals surface area (Å²) in [6.45, 7) is 6.97. The molecule has 0 N–H and O–H groups in total. The van der Waals surface area contributed by atoms with Gasteiger partial charge in [-0.05, 0) is 18.6 Å². The van der Waals surface area contributed by atoms with E-state index in [9.17, 15) is 0 Å². The van der Waals surface area contributed by atoms with Gasteiger partial charge in [-0.25, -0.2) is 0 Å². The summed E-state index contributed by atoms with van der Waals surface area (Å²) in [5.74, 6) is 0.900. The van der Waals surface area contributed by atoms with Crippen molar-refractivity contribution in [2.75, 3.05) is 6.26 Å². The summed E-state index contributed by atoms with van der Waals surface area (Å²) < 4.78 is 0. The van der Waals surface area contributed by atoms with Crippen molar-refractivity contribution in [3.05, 3.63) is 0 Å². The van der Waals surface area contributed by atoms with Gasteiger partial charge in [-0.3, -0.25) is 0 Å². The van der Waals surface area contributed by atoms with Crippen molar-refractivity contribution >= 4 is 11.8 Å². The van der Waals surface area contributed by atoms with E-state index in [2.05, 4.69) is 27.0 Å². The Labute approximate surface area is 76.1 Å². The zero-order valence-electron chi connectivity index (χ0n) is 8.39. The van der Waals surface area contributed by atoms with Crippen LogP contribution >= 0.6 is 11.8 Å². The lowest BCUT2D eigenvalue weighted by molar-refractivity contribution is 0.493. The van der Waals surface area contributed by atoms with Gasteiger partial charge in [0.1, 0.15) is 0 Å². The normalized spacial score (nSPS) is 16.4. The van der Waals surface area contributed by atoms with Crippen LogP contribution in [0.4, 0.5) is 0 Å². The van der Waals surface area contributed by atoms with Gasteiger partial charge in [0.05, 0.1) is 0 Å². The van der Waals surface area contributed by atoms with Gasteiger partial charge in [-0.1, -0.05) is 40.0 Å². The van der Waals surface area contributed by atoms with Crippen molar-refractivity contribution < 1.29 is 0 Å². The highest BCUT2D eigenvalue weighted by Crippen LogP contribution is 2.21. The zero-order valence-corrected chi connectivity index (χ0v) is 9.21. The molecule has 0 spiro atoms. The molecule has 2 atom stereocenters. The maximum Gasteiger partial charge on any atom is 0.00415 e. The maximum atomic E-state index is 2.37. The Kier molecular flexibility index (Phi) is 7.25. The third-order valence-electron chi connectivity index (χ3n) is 2.44. The Morgan fingerprint density at radius 1 is 1.18 bits per heavy atom. The lowest BCUT2D eigenvalue weighted by atomic mass is 10.0. The first kappa shape index (κ1) is 11.4. The van der Waals surface area contributed by atoms with Gasteiger partial charge in [0.25, 0.3) is 0 Å². The molecule has 0 nitrogen and oxygen atoms in total. The topological polar surface area (TPSA) is 0 Å². The first-order valence-electron chi connectivity index (χ1n) is 4.75. The highest BCUT2D eigenvalue weighted by molar-refractivity contribution is 7.99. The number of thioether (sulfide) groups is 1. The van der Waals surface area contributed by atoms with Crippen molar-refractivity contribution in [2.45, 2.75) is 51.7 Å². The molecule has 0 aromatic rings. The van der Waals surface area contributed by atoms with Crippen molar-refractivity contribution in [3.8, 4) is 0 Å². The lowest BCUT2D eigenvalue weighted by Gasteiger charge is -2.16. The summed E-state index contributed by atoms with van der Waals surface area (Å²) >= 11 is 1.99. The van der Waals surface area contributed by atoms with Crippen molar-refractivity contribution in [3.63, 3.8) is 0 Å². The molecule has 0 radical (unpaired) electrons. The van der Waals surface area contributed by atoms with Crippen LogP contribution in [0.3, 0.4) is 0 Å². The summed E-state index contributed by atoms with van der Waals surface area (Å²) in [6.07, 6.45) is 7.80. The Balaban J connectivity index is 3.28. The van der Waals surface area contributed by atoms with Crippen LogP contribution in [0.2, 0.25) is 0 Å². The highest BCUT2D eigenvalue weighted by atomic mass is 32.2. The molecule has 0 saturated carbocycles. The Hall–Kier alpha value is 0.350. The van der Waals surface area contributed by atoms with Crippen molar-refractivity contribution in [1.82, 2.24) is 0 Å². The average Bonchev–Trinajstić information content (AvgIpc) is 2.03. The molecule has 68 valence electrons. The van der Waals surface area contributed by atoms with E-state index in [0.717, 1.165) is 11.2 Å². The molecule has 0 fully saturated rings. The molecule has 0 rings (SSSR count). The van der Waals surface area contributed by atoms with E-state index in [1.807, 2.05) is 11.8 Å². The summed E-state index contributed by atoms with van der Waals surface area (Å²) in [7, 11) is 0. The molecule has 0 aromatic heterocycles. The van der Waals surface area contributed by atoms with E-state index in [1.165, 1.54) is 25.7 Å². The van der Waals surface area contributed by atoms with Gasteiger partial charge in [0.2, 0.25) is 0 Å². The van der Waals surface area contributed by atoms with Crippen LogP contribution in [0.5, 0.6) is 0 Å². The summed E-state index contributed by atoms with van der Waals surface area (Å²) in [4.78, 5) is 0. The number of hydrogen-bond donors (Lipinski definition) is 0. The van der Waals surface area contributed by atoms with Crippen LogP contribution in [0, 0.1) is 5.92 Å². The van der Waals surface area contributed by atoms with Crippen LogP contribution in [-0.2, 0) is 0 Å². The smallest absolute Gasteiger partial charge is 0.00415 e. The molecule has 0 aliphatic carbocycles. The highest BCUT2D eigenvalue weighted by Gasteiger charge is 2.09. The van der Waals surface area contributed by atoms with Crippen LogP contribution in [0.15, 0.2) is 0 Å². The predicted molar refractivity (Wildman–Crippen MR) is 56.3 cm³/mol. The molecular formula is C10H22S. The average molecular weight is 174 g/mol. The molecular weight excluding hydrogens is 152 g/mol. The van der Waals surface area contributed by atoms with E-state index in [1.54, 1.807) is 0 Å². The van der Waals surface area contributed by atoms with E-state index < -0.39 is 0 Å². The minimum absolute atomic E-state index is 0.840. The van der Waals surface area contributed by atoms with Gasteiger partial charge in [0, 0.05) is 5.25 Å². The standard InChI is InChI=1S/C10H22S/c1-5-6-7-8-9(2)10(3)11-4/h9-10H,5-8H2,1-4H3. The molecule has 0 aliphatic rings. The van der Waals surface area contributed by atoms with E-state index in [4.69, 9.17) is 0 Å². The Morgan fingerprint density at radius 2 is 1.82 bits per heavy atom. The SMILES string of the molecule is CCCCCC(C)C(C)SC. The van der Waals surface area contributed by atoms with E-state index in [0.29, 0.717) is 0 Å². The third-order valence-corrected chi connectivity index (χ3v) is 3.64. The predicted octanol–water partition coefficient (Wildman–Crippen LogP) is 3.95. The quantitative estimate of drug-likeness (QED) is 0.549. The lowest BCUT2D eigenvalue weighted by Crippen LogP contribution is -2.09. The first-order chi connectivity index (χ1) is 5.22. The Bertz CT molecular complexity index is 80.9. The van der Waals surface area contributed by atoms with E-state index in [-0.39, 0.29) is 0 Å². The number of hydrogen-bond acceptors (Lipinski definition) is 1. The zero-order chi connectivity index (χ0) is 8.69. The summed E-state index contributed by atoms with van der Waals surface area (Å²) in [6, 6.07) is 0. The van der Waals surface area contributed by atoms with Gasteiger partial charge >= 0.3 is 0 Å². The monoisotopic (exact) mass is 174 g/mol. The van der Waals surface area contributed by atoms with Crippen LogP contribution < -0.4 is 0 Å². The molecule has 2 unspecified atom stereocenters. The second-order valence-electron chi connectivity index (χ2n) is 3.41. The van der Waals surface area contributed by atoms with E-state index >= 15 is 0 Å². The largest absolute Gasteiger partial charge is 0.162 e. The van der Waals surface area contributed by atoms with Gasteiger partial charge < -0.3 is 0 Å². The molecule has 0 aliphatic heterocycles. The number of rotatable bonds is 6. The van der Waals surface area contributed by atoms with Crippen LogP contribution in [-0.4, -0.2) is 11.5 Å². The fraction of sp³-hybridized carbons (Fsp3) is 1.00. The molecule has 1 heteroatoms. The fourth-order valence-electron chi connectivity index (χ4n) is 1.18. The maximum absolute atomic E-state index is 2.37. The van der Waals surface area contributed by atoms with Crippen LogP contribution in [0.1, 0.15) is 46.5 Å². The van der Waals surface area contributed by atoms with Gasteiger partial charge in [-0.15, -0.1) is 0 Å². The van der Waals surface area contributed by atoms with Crippen LogP contribution in [0.25, 0.3) is 0 Å². The fourth-order valence-corrected chi connectivity index (χ4v) is 1.78.